The summed E-state index contributed by atoms with van der Waals surface area (Å²) in [6, 6.07) is 0. The van der Waals surface area contributed by atoms with Crippen molar-refractivity contribution in [1.29, 1.82) is 0 Å². The molecule has 2 aliphatic carbocycles. The van der Waals surface area contributed by atoms with Crippen molar-refractivity contribution in [3.05, 3.63) is 24.3 Å². The topological polar surface area (TPSA) is 9.23 Å². The first-order valence-corrected chi connectivity index (χ1v) is 11.2. The van der Waals surface area contributed by atoms with Gasteiger partial charge in [0.15, 0.2) is 0 Å². The van der Waals surface area contributed by atoms with Crippen molar-refractivity contribution in [3.63, 3.8) is 0 Å². The second-order valence-corrected chi connectivity index (χ2v) is 8.53. The van der Waals surface area contributed by atoms with E-state index in [1.165, 1.54) is 77.0 Å². The summed E-state index contributed by atoms with van der Waals surface area (Å²) in [6.07, 6.45) is 26.2. The minimum absolute atomic E-state index is 0.780. The predicted molar refractivity (Wildman–Crippen MR) is 110 cm³/mol. The van der Waals surface area contributed by atoms with Gasteiger partial charge in [0, 0.05) is 0 Å². The highest BCUT2D eigenvalue weighted by Gasteiger charge is 2.19. The van der Waals surface area contributed by atoms with Crippen LogP contribution in [0, 0.1) is 23.7 Å². The molecule has 0 radical (unpaired) electrons. The van der Waals surface area contributed by atoms with E-state index in [0.717, 1.165) is 36.9 Å². The van der Waals surface area contributed by atoms with Gasteiger partial charge in [0.25, 0.3) is 0 Å². The Morgan fingerprint density at radius 1 is 0.640 bits per heavy atom. The summed E-state index contributed by atoms with van der Waals surface area (Å²) in [7, 11) is 0. The Balaban J connectivity index is 1.48. The normalized spacial score (nSPS) is 31.1. The Morgan fingerprint density at radius 2 is 1.04 bits per heavy atom. The smallest absolute Gasteiger partial charge is 0.0651 e. The summed E-state index contributed by atoms with van der Waals surface area (Å²) in [6.45, 7) is 6.19. The summed E-state index contributed by atoms with van der Waals surface area (Å²) in [5.74, 6) is 3.64. The highest BCUT2D eigenvalue weighted by atomic mass is 16.5. The molecule has 2 fully saturated rings. The minimum atomic E-state index is 0.780. The maximum absolute atomic E-state index is 5.76. The van der Waals surface area contributed by atoms with Crippen LogP contribution in [0.4, 0.5) is 0 Å². The fourth-order valence-corrected chi connectivity index (χ4v) is 4.86. The zero-order valence-corrected chi connectivity index (χ0v) is 16.9. The third-order valence-electron chi connectivity index (χ3n) is 6.42. The largest absolute Gasteiger partial charge is 0.373 e. The van der Waals surface area contributed by atoms with Gasteiger partial charge in [-0.1, -0.05) is 63.8 Å². The standard InChI is InChI=1S/C24H42O/c1-3-7-21-11-15-23(16-12-21)9-5-19-25-20-6-10-24-17-13-22(8-4-2)14-18-24/h5-6,9-10,21-24H,3-4,7-8,11-20H2,1-2H3. The van der Waals surface area contributed by atoms with E-state index in [9.17, 15) is 0 Å². The number of rotatable bonds is 10. The summed E-state index contributed by atoms with van der Waals surface area (Å²) in [5.41, 5.74) is 0. The van der Waals surface area contributed by atoms with Crippen molar-refractivity contribution in [2.45, 2.75) is 90.9 Å². The van der Waals surface area contributed by atoms with Gasteiger partial charge in [-0.3, -0.25) is 0 Å². The molecule has 0 N–H and O–H groups in total. The van der Waals surface area contributed by atoms with Gasteiger partial charge in [-0.25, -0.2) is 0 Å². The Bertz CT molecular complexity index is 332. The van der Waals surface area contributed by atoms with Crippen LogP contribution < -0.4 is 0 Å². The quantitative estimate of drug-likeness (QED) is 0.297. The van der Waals surface area contributed by atoms with Gasteiger partial charge >= 0.3 is 0 Å². The van der Waals surface area contributed by atoms with Crippen LogP contribution in [0.1, 0.15) is 90.9 Å². The Hall–Kier alpha value is -0.560. The van der Waals surface area contributed by atoms with Crippen LogP contribution in [-0.4, -0.2) is 13.2 Å². The lowest BCUT2D eigenvalue weighted by Crippen LogP contribution is -2.13. The molecule has 0 aliphatic heterocycles. The lowest BCUT2D eigenvalue weighted by molar-refractivity contribution is 0.192. The number of ether oxygens (including phenoxy) is 1. The first-order chi connectivity index (χ1) is 12.3. The molecule has 0 bridgehead atoms. The van der Waals surface area contributed by atoms with Gasteiger partial charge in [0.2, 0.25) is 0 Å². The molecule has 0 spiro atoms. The van der Waals surface area contributed by atoms with Crippen LogP contribution in [0.2, 0.25) is 0 Å². The van der Waals surface area contributed by atoms with Crippen molar-refractivity contribution in [2.75, 3.05) is 13.2 Å². The lowest BCUT2D eigenvalue weighted by atomic mass is 9.80. The third-order valence-corrected chi connectivity index (χ3v) is 6.42. The predicted octanol–water partition coefficient (Wildman–Crippen LogP) is 7.33. The summed E-state index contributed by atoms with van der Waals surface area (Å²) in [4.78, 5) is 0. The van der Waals surface area contributed by atoms with Crippen LogP contribution in [0.3, 0.4) is 0 Å². The zero-order chi connectivity index (χ0) is 17.7. The van der Waals surface area contributed by atoms with Crippen LogP contribution >= 0.6 is 0 Å². The van der Waals surface area contributed by atoms with Gasteiger partial charge in [0.1, 0.15) is 0 Å². The van der Waals surface area contributed by atoms with Gasteiger partial charge in [-0.15, -0.1) is 0 Å². The fraction of sp³-hybridized carbons (Fsp3) is 0.833. The monoisotopic (exact) mass is 346 g/mol. The van der Waals surface area contributed by atoms with E-state index in [-0.39, 0.29) is 0 Å². The molecule has 2 saturated carbocycles. The molecule has 0 aromatic carbocycles. The van der Waals surface area contributed by atoms with Crippen molar-refractivity contribution in [3.8, 4) is 0 Å². The van der Waals surface area contributed by atoms with Crippen LogP contribution in [-0.2, 0) is 4.74 Å². The highest BCUT2D eigenvalue weighted by Crippen LogP contribution is 2.33. The van der Waals surface area contributed by atoms with E-state index in [0.29, 0.717) is 0 Å². The average molecular weight is 347 g/mol. The first kappa shape index (κ1) is 20.7. The molecule has 2 aliphatic rings. The molecule has 0 amide bonds. The molecular weight excluding hydrogens is 304 g/mol. The van der Waals surface area contributed by atoms with Crippen molar-refractivity contribution in [1.82, 2.24) is 0 Å². The Morgan fingerprint density at radius 3 is 1.40 bits per heavy atom. The molecule has 2 rings (SSSR count). The van der Waals surface area contributed by atoms with Crippen molar-refractivity contribution >= 4 is 0 Å². The molecule has 1 nitrogen and oxygen atoms in total. The maximum atomic E-state index is 5.76. The van der Waals surface area contributed by atoms with Gasteiger partial charge in [0.05, 0.1) is 13.2 Å². The summed E-state index contributed by atoms with van der Waals surface area (Å²) in [5, 5.41) is 0. The molecule has 0 aromatic rings. The second-order valence-electron chi connectivity index (χ2n) is 8.53. The van der Waals surface area contributed by atoms with Crippen LogP contribution in [0.15, 0.2) is 24.3 Å². The summed E-state index contributed by atoms with van der Waals surface area (Å²) < 4.78 is 5.76. The lowest BCUT2D eigenvalue weighted by Gasteiger charge is -2.26. The molecule has 0 aromatic heterocycles. The van der Waals surface area contributed by atoms with E-state index in [2.05, 4.69) is 38.2 Å². The minimum Gasteiger partial charge on any atom is -0.373 e. The molecule has 0 atom stereocenters. The maximum Gasteiger partial charge on any atom is 0.0651 e. The Kier molecular flexibility index (Phi) is 10.6. The third kappa shape index (κ3) is 8.58. The second kappa shape index (κ2) is 12.7. The van der Waals surface area contributed by atoms with Crippen molar-refractivity contribution in [2.24, 2.45) is 23.7 Å². The number of hydrogen-bond acceptors (Lipinski definition) is 1. The molecular formula is C24H42O. The van der Waals surface area contributed by atoms with Crippen LogP contribution in [0.5, 0.6) is 0 Å². The van der Waals surface area contributed by atoms with Crippen molar-refractivity contribution < 1.29 is 4.74 Å². The molecule has 1 heteroatoms. The molecule has 144 valence electrons. The summed E-state index contributed by atoms with van der Waals surface area (Å²) >= 11 is 0. The molecule has 25 heavy (non-hydrogen) atoms. The number of hydrogen-bond donors (Lipinski definition) is 0. The zero-order valence-electron chi connectivity index (χ0n) is 16.9. The highest BCUT2D eigenvalue weighted by molar-refractivity contribution is 4.93. The number of allylic oxidation sites excluding steroid dienone is 2. The van der Waals surface area contributed by atoms with E-state index >= 15 is 0 Å². The van der Waals surface area contributed by atoms with E-state index < -0.39 is 0 Å². The van der Waals surface area contributed by atoms with E-state index in [1.54, 1.807) is 0 Å². The first-order valence-electron chi connectivity index (χ1n) is 11.2. The van der Waals surface area contributed by atoms with Gasteiger partial charge < -0.3 is 4.74 Å². The van der Waals surface area contributed by atoms with E-state index in [1.807, 2.05) is 0 Å². The van der Waals surface area contributed by atoms with Gasteiger partial charge in [-0.2, -0.15) is 0 Å². The average Bonchev–Trinajstić information content (AvgIpc) is 2.64. The molecule has 0 unspecified atom stereocenters. The van der Waals surface area contributed by atoms with Crippen LogP contribution in [0.25, 0.3) is 0 Å². The molecule has 0 saturated heterocycles. The molecule has 0 heterocycles. The Labute approximate surface area is 157 Å². The van der Waals surface area contributed by atoms with Gasteiger partial charge in [-0.05, 0) is 75.0 Å². The SMILES string of the molecule is CCCC1CCC(C=CCOCC=CC2CCC(CCC)CC2)CC1. The van der Waals surface area contributed by atoms with E-state index in [4.69, 9.17) is 4.74 Å². The fourth-order valence-electron chi connectivity index (χ4n) is 4.86.